The molecule has 0 aliphatic rings. The number of hydrogen-bond donors (Lipinski definition) is 1. The van der Waals surface area contributed by atoms with Gasteiger partial charge in [0.2, 0.25) is 0 Å². The van der Waals surface area contributed by atoms with Gasteiger partial charge in [-0.15, -0.1) is 0 Å². The molecule has 0 aromatic heterocycles. The second kappa shape index (κ2) is 8.50. The van der Waals surface area contributed by atoms with Crippen LogP contribution < -0.4 is 5.32 Å². The number of unbranched alkanes of at least 4 members (excludes halogenated alkanes) is 1. The lowest BCUT2D eigenvalue weighted by molar-refractivity contribution is -0.143. The number of methoxy groups -OCH3 is 1. The van der Waals surface area contributed by atoms with Crippen molar-refractivity contribution in [3.63, 3.8) is 0 Å². The normalized spacial score (nSPS) is 9.57. The summed E-state index contributed by atoms with van der Waals surface area (Å²) in [6.07, 6.45) is 1.85. The van der Waals surface area contributed by atoms with E-state index in [0.717, 1.165) is 12.8 Å². The number of carbonyl (C=O) groups excluding carboxylic acids is 2. The fourth-order valence-electron chi connectivity index (χ4n) is 0.720. The van der Waals surface area contributed by atoms with Crippen molar-refractivity contribution >= 4 is 11.9 Å². The van der Waals surface area contributed by atoms with E-state index in [0.29, 0.717) is 6.61 Å². The molecule has 0 aromatic carbocycles. The molecule has 0 heterocycles. The molecule has 5 nitrogen and oxygen atoms in total. The lowest BCUT2D eigenvalue weighted by Gasteiger charge is -2.04. The van der Waals surface area contributed by atoms with Gasteiger partial charge in [0.25, 0.3) is 0 Å². The molecule has 0 radical (unpaired) electrons. The molecular weight excluding hydrogens is 186 g/mol. The Morgan fingerprint density at radius 1 is 1.21 bits per heavy atom. The van der Waals surface area contributed by atoms with Crippen LogP contribution in [0.1, 0.15) is 19.8 Å². The zero-order valence-corrected chi connectivity index (χ0v) is 8.67. The maximum Gasteiger partial charge on any atom is 0.319 e. The molecule has 0 rings (SSSR count). The summed E-state index contributed by atoms with van der Waals surface area (Å²) in [5.74, 6) is -0.742. The molecule has 0 atom stereocenters. The fourth-order valence-corrected chi connectivity index (χ4v) is 0.720. The zero-order valence-electron chi connectivity index (χ0n) is 8.67. The Morgan fingerprint density at radius 2 is 1.86 bits per heavy atom. The van der Waals surface area contributed by atoms with Crippen LogP contribution in [0.2, 0.25) is 0 Å². The molecule has 0 saturated heterocycles. The highest BCUT2D eigenvalue weighted by Crippen LogP contribution is 1.87. The number of ether oxygens (including phenoxy) is 2. The highest BCUT2D eigenvalue weighted by atomic mass is 16.5. The number of hydrogen-bond acceptors (Lipinski definition) is 5. The molecule has 0 unspecified atom stereocenters. The molecule has 1 N–H and O–H groups in total. The Morgan fingerprint density at radius 3 is 2.43 bits per heavy atom. The van der Waals surface area contributed by atoms with Crippen molar-refractivity contribution in [2.45, 2.75) is 19.8 Å². The van der Waals surface area contributed by atoms with Crippen LogP contribution in [0, 0.1) is 0 Å². The third kappa shape index (κ3) is 7.54. The van der Waals surface area contributed by atoms with Crippen molar-refractivity contribution in [1.82, 2.24) is 5.32 Å². The van der Waals surface area contributed by atoms with Crippen LogP contribution in [0.3, 0.4) is 0 Å². The molecule has 5 heteroatoms. The van der Waals surface area contributed by atoms with Gasteiger partial charge in [-0.25, -0.2) is 0 Å². The first kappa shape index (κ1) is 12.9. The fraction of sp³-hybridized carbons (Fsp3) is 0.778. The van der Waals surface area contributed by atoms with Gasteiger partial charge >= 0.3 is 11.9 Å². The van der Waals surface area contributed by atoms with E-state index < -0.39 is 5.97 Å². The first-order valence-electron chi connectivity index (χ1n) is 4.63. The van der Waals surface area contributed by atoms with E-state index in [2.05, 4.69) is 10.1 Å². The van der Waals surface area contributed by atoms with Crippen molar-refractivity contribution in [2.75, 3.05) is 26.8 Å². The molecule has 0 bridgehead atoms. The van der Waals surface area contributed by atoms with E-state index in [-0.39, 0.29) is 19.1 Å². The number of esters is 2. The van der Waals surface area contributed by atoms with E-state index in [9.17, 15) is 9.59 Å². The Kier molecular flexibility index (Phi) is 7.83. The second-order valence-corrected chi connectivity index (χ2v) is 2.75. The molecule has 0 fully saturated rings. The summed E-state index contributed by atoms with van der Waals surface area (Å²) in [5.41, 5.74) is 0. The minimum Gasteiger partial charge on any atom is -0.468 e. The van der Waals surface area contributed by atoms with Gasteiger partial charge in [0.1, 0.15) is 0 Å². The molecule has 0 aliphatic carbocycles. The van der Waals surface area contributed by atoms with Gasteiger partial charge in [-0.05, 0) is 6.42 Å². The molecule has 82 valence electrons. The molecule has 0 saturated carbocycles. The standard InChI is InChI=1S/C9H17NO4/c1-3-4-5-14-9(12)7-10-6-8(11)13-2/h10H,3-7H2,1-2H3. The summed E-state index contributed by atoms with van der Waals surface area (Å²) in [4.78, 5) is 21.6. The smallest absolute Gasteiger partial charge is 0.319 e. The van der Waals surface area contributed by atoms with Crippen molar-refractivity contribution < 1.29 is 19.1 Å². The lowest BCUT2D eigenvalue weighted by atomic mass is 10.4. The minimum atomic E-state index is -0.397. The average Bonchev–Trinajstić information content (AvgIpc) is 2.18. The Balaban J connectivity index is 3.31. The van der Waals surface area contributed by atoms with Crippen molar-refractivity contribution in [1.29, 1.82) is 0 Å². The number of rotatable bonds is 7. The maximum absolute atomic E-state index is 11.0. The highest BCUT2D eigenvalue weighted by molar-refractivity contribution is 5.74. The maximum atomic E-state index is 11.0. The van der Waals surface area contributed by atoms with Crippen LogP contribution >= 0.6 is 0 Å². The lowest BCUT2D eigenvalue weighted by Crippen LogP contribution is -2.30. The van der Waals surface area contributed by atoms with E-state index >= 15 is 0 Å². The summed E-state index contributed by atoms with van der Waals surface area (Å²) in [6.45, 7) is 2.52. The van der Waals surface area contributed by atoms with Crippen molar-refractivity contribution in [2.24, 2.45) is 0 Å². The van der Waals surface area contributed by atoms with Crippen LogP contribution in [0.5, 0.6) is 0 Å². The van der Waals surface area contributed by atoms with E-state index in [1.54, 1.807) is 0 Å². The molecule has 14 heavy (non-hydrogen) atoms. The van der Waals surface area contributed by atoms with Gasteiger partial charge in [0.05, 0.1) is 26.8 Å². The molecule has 0 spiro atoms. The van der Waals surface area contributed by atoms with Gasteiger partial charge in [-0.1, -0.05) is 13.3 Å². The molecule has 0 aliphatic heterocycles. The largest absolute Gasteiger partial charge is 0.468 e. The van der Waals surface area contributed by atoms with Gasteiger partial charge in [-0.2, -0.15) is 0 Å². The van der Waals surface area contributed by atoms with Crippen molar-refractivity contribution in [3.8, 4) is 0 Å². The topological polar surface area (TPSA) is 64.6 Å². The number of nitrogens with one attached hydrogen (secondary N) is 1. The van der Waals surface area contributed by atoms with Gasteiger partial charge < -0.3 is 9.47 Å². The Bertz CT molecular complexity index is 182. The van der Waals surface area contributed by atoms with Gasteiger partial charge in [0.15, 0.2) is 0 Å². The summed E-state index contributed by atoms with van der Waals surface area (Å²) in [6, 6.07) is 0. The predicted octanol–water partition coefficient (Wildman–Crippen LogP) is 0.0923. The first-order chi connectivity index (χ1) is 6.70. The quantitative estimate of drug-likeness (QED) is 0.469. The summed E-state index contributed by atoms with van der Waals surface area (Å²) >= 11 is 0. The van der Waals surface area contributed by atoms with E-state index in [1.807, 2.05) is 6.92 Å². The van der Waals surface area contributed by atoms with Crippen molar-refractivity contribution in [3.05, 3.63) is 0 Å². The molecule has 0 aromatic rings. The SMILES string of the molecule is CCCCOC(=O)CNCC(=O)OC. The van der Waals surface area contributed by atoms with Crippen LogP contribution in [-0.2, 0) is 19.1 Å². The molecule has 0 amide bonds. The van der Waals surface area contributed by atoms with Crippen LogP contribution in [0.15, 0.2) is 0 Å². The van der Waals surface area contributed by atoms with Gasteiger partial charge in [-0.3, -0.25) is 14.9 Å². The van der Waals surface area contributed by atoms with E-state index in [4.69, 9.17) is 4.74 Å². The predicted molar refractivity (Wildman–Crippen MR) is 50.8 cm³/mol. The highest BCUT2D eigenvalue weighted by Gasteiger charge is 2.03. The summed E-state index contributed by atoms with van der Waals surface area (Å²) in [7, 11) is 1.30. The van der Waals surface area contributed by atoms with Crippen LogP contribution in [0.4, 0.5) is 0 Å². The summed E-state index contributed by atoms with van der Waals surface area (Å²) in [5, 5.41) is 2.61. The summed E-state index contributed by atoms with van der Waals surface area (Å²) < 4.78 is 9.22. The van der Waals surface area contributed by atoms with Crippen LogP contribution in [0.25, 0.3) is 0 Å². The monoisotopic (exact) mass is 203 g/mol. The Labute approximate surface area is 83.8 Å². The first-order valence-corrected chi connectivity index (χ1v) is 4.63. The second-order valence-electron chi connectivity index (χ2n) is 2.75. The zero-order chi connectivity index (χ0) is 10.8. The minimum absolute atomic E-state index is 0.0272. The number of carbonyl (C=O) groups is 2. The van der Waals surface area contributed by atoms with Crippen LogP contribution in [-0.4, -0.2) is 38.7 Å². The average molecular weight is 203 g/mol. The Hall–Kier alpha value is -1.10. The third-order valence-electron chi connectivity index (χ3n) is 1.53. The van der Waals surface area contributed by atoms with Gasteiger partial charge in [0, 0.05) is 0 Å². The van der Waals surface area contributed by atoms with E-state index in [1.165, 1.54) is 7.11 Å². The molecular formula is C9H17NO4. The third-order valence-corrected chi connectivity index (χ3v) is 1.53.